The van der Waals surface area contributed by atoms with E-state index in [1.54, 1.807) is 14.0 Å². The minimum atomic E-state index is -0.929. The van der Waals surface area contributed by atoms with E-state index in [0.29, 0.717) is 13.0 Å². The molecule has 0 aliphatic heterocycles. The van der Waals surface area contributed by atoms with E-state index in [-0.39, 0.29) is 0 Å². The van der Waals surface area contributed by atoms with Gasteiger partial charge in [0.25, 0.3) is 0 Å². The molecule has 4 nitrogen and oxygen atoms in total. The Bertz CT molecular complexity index is 606. The first-order valence-corrected chi connectivity index (χ1v) is 6.55. The van der Waals surface area contributed by atoms with Crippen LogP contribution in [0.3, 0.4) is 0 Å². The molecule has 1 unspecified atom stereocenters. The summed E-state index contributed by atoms with van der Waals surface area (Å²) >= 11 is 0. The van der Waals surface area contributed by atoms with Crippen molar-refractivity contribution in [3.05, 3.63) is 42.0 Å². The summed E-state index contributed by atoms with van der Waals surface area (Å²) in [6.45, 7) is 2.18. The molecule has 2 aromatic carbocycles. The lowest BCUT2D eigenvalue weighted by molar-refractivity contribution is -0.149. The molecule has 2 aromatic rings. The maximum atomic E-state index is 11.1. The molecule has 0 heterocycles. The van der Waals surface area contributed by atoms with Crippen LogP contribution in [0.1, 0.15) is 12.5 Å². The van der Waals surface area contributed by atoms with Crippen molar-refractivity contribution in [2.24, 2.45) is 0 Å². The van der Waals surface area contributed by atoms with Crippen molar-refractivity contribution in [1.29, 1.82) is 0 Å². The lowest BCUT2D eigenvalue weighted by atomic mass is 10.0. The van der Waals surface area contributed by atoms with Crippen LogP contribution < -0.4 is 4.74 Å². The Hall–Kier alpha value is -2.07. The van der Waals surface area contributed by atoms with Crippen LogP contribution in [0.2, 0.25) is 0 Å². The average molecular weight is 274 g/mol. The van der Waals surface area contributed by atoms with Gasteiger partial charge in [-0.25, -0.2) is 4.79 Å². The van der Waals surface area contributed by atoms with Gasteiger partial charge in [-0.3, -0.25) is 0 Å². The van der Waals surface area contributed by atoms with Gasteiger partial charge < -0.3 is 14.6 Å². The number of rotatable bonds is 6. The van der Waals surface area contributed by atoms with Crippen LogP contribution in [0.5, 0.6) is 5.75 Å². The lowest BCUT2D eigenvalue weighted by Crippen LogP contribution is -2.26. The molecule has 0 aliphatic carbocycles. The van der Waals surface area contributed by atoms with Crippen molar-refractivity contribution in [1.82, 2.24) is 0 Å². The van der Waals surface area contributed by atoms with Gasteiger partial charge in [0.15, 0.2) is 6.10 Å². The normalized spacial score (nSPS) is 12.3. The van der Waals surface area contributed by atoms with E-state index in [9.17, 15) is 4.79 Å². The Labute approximate surface area is 117 Å². The van der Waals surface area contributed by atoms with Gasteiger partial charge in [-0.2, -0.15) is 0 Å². The maximum Gasteiger partial charge on any atom is 0.333 e. The molecular formula is C16H18O4. The third kappa shape index (κ3) is 3.27. The Morgan fingerprint density at radius 2 is 1.90 bits per heavy atom. The van der Waals surface area contributed by atoms with Crippen molar-refractivity contribution in [2.45, 2.75) is 19.4 Å². The number of benzene rings is 2. The van der Waals surface area contributed by atoms with Gasteiger partial charge in [0.1, 0.15) is 5.75 Å². The third-order valence-corrected chi connectivity index (χ3v) is 3.18. The molecule has 0 bridgehead atoms. The van der Waals surface area contributed by atoms with E-state index in [1.807, 2.05) is 36.4 Å². The quantitative estimate of drug-likeness (QED) is 0.880. The third-order valence-electron chi connectivity index (χ3n) is 3.18. The molecule has 4 heteroatoms. The predicted octanol–water partition coefficient (Wildman–Crippen LogP) is 2.88. The molecule has 0 aromatic heterocycles. The summed E-state index contributed by atoms with van der Waals surface area (Å²) in [6, 6.07) is 11.7. The van der Waals surface area contributed by atoms with Crippen molar-refractivity contribution in [2.75, 3.05) is 13.7 Å². The lowest BCUT2D eigenvalue weighted by Gasteiger charge is -2.13. The van der Waals surface area contributed by atoms with Gasteiger partial charge in [0.2, 0.25) is 0 Å². The molecule has 0 aliphatic rings. The van der Waals surface area contributed by atoms with E-state index >= 15 is 0 Å². The van der Waals surface area contributed by atoms with Crippen LogP contribution in [-0.4, -0.2) is 30.9 Å². The summed E-state index contributed by atoms with van der Waals surface area (Å²) in [5, 5.41) is 11.2. The fourth-order valence-corrected chi connectivity index (χ4v) is 2.16. The van der Waals surface area contributed by atoms with E-state index in [4.69, 9.17) is 14.6 Å². The largest absolute Gasteiger partial charge is 0.497 e. The molecule has 106 valence electrons. The zero-order valence-electron chi connectivity index (χ0n) is 11.6. The van der Waals surface area contributed by atoms with Crippen molar-refractivity contribution >= 4 is 16.7 Å². The highest BCUT2D eigenvalue weighted by Gasteiger charge is 2.17. The van der Waals surface area contributed by atoms with Crippen LogP contribution in [0.4, 0.5) is 0 Å². The predicted molar refractivity (Wildman–Crippen MR) is 77.3 cm³/mol. The Morgan fingerprint density at radius 3 is 2.55 bits per heavy atom. The van der Waals surface area contributed by atoms with E-state index in [0.717, 1.165) is 22.1 Å². The Balaban J connectivity index is 2.25. The summed E-state index contributed by atoms with van der Waals surface area (Å²) in [7, 11) is 1.63. The second-order valence-corrected chi connectivity index (χ2v) is 4.53. The molecule has 0 saturated carbocycles. The standard InChI is InChI=1S/C16H18O4/c1-3-20-15(16(17)18)9-11-4-5-13-10-14(19-2)7-6-12(13)8-11/h4-8,10,15H,3,9H2,1-2H3,(H,17,18). The summed E-state index contributed by atoms with van der Waals surface area (Å²) in [4.78, 5) is 11.1. The number of carbonyl (C=O) groups is 1. The second kappa shape index (κ2) is 6.39. The summed E-state index contributed by atoms with van der Waals surface area (Å²) in [6.07, 6.45) is -0.429. The summed E-state index contributed by atoms with van der Waals surface area (Å²) < 4.78 is 10.4. The molecule has 0 amide bonds. The molecule has 20 heavy (non-hydrogen) atoms. The SMILES string of the molecule is CCOC(Cc1ccc2cc(OC)ccc2c1)C(=O)O. The van der Waals surface area contributed by atoms with Crippen LogP contribution in [0, 0.1) is 0 Å². The molecule has 0 radical (unpaired) electrons. The monoisotopic (exact) mass is 274 g/mol. The minimum Gasteiger partial charge on any atom is -0.497 e. The first-order valence-electron chi connectivity index (χ1n) is 6.55. The number of hydrogen-bond donors (Lipinski definition) is 1. The zero-order chi connectivity index (χ0) is 14.5. The van der Waals surface area contributed by atoms with Crippen molar-refractivity contribution in [3.63, 3.8) is 0 Å². The molecule has 0 saturated heterocycles. The number of aliphatic carboxylic acids is 1. The topological polar surface area (TPSA) is 55.8 Å². The Morgan fingerprint density at radius 1 is 1.20 bits per heavy atom. The smallest absolute Gasteiger partial charge is 0.333 e. The van der Waals surface area contributed by atoms with Gasteiger partial charge in [-0.15, -0.1) is 0 Å². The molecule has 2 rings (SSSR count). The Kier molecular flexibility index (Phi) is 4.58. The van der Waals surface area contributed by atoms with Crippen molar-refractivity contribution in [3.8, 4) is 5.75 Å². The highest BCUT2D eigenvalue weighted by molar-refractivity contribution is 5.84. The summed E-state index contributed by atoms with van der Waals surface area (Å²) in [5.74, 6) is -0.121. The number of carboxylic acids is 1. The van der Waals surface area contributed by atoms with E-state index < -0.39 is 12.1 Å². The molecular weight excluding hydrogens is 256 g/mol. The molecule has 1 atom stereocenters. The number of carboxylic acid groups (broad SMARTS) is 1. The second-order valence-electron chi connectivity index (χ2n) is 4.53. The molecule has 0 fully saturated rings. The highest BCUT2D eigenvalue weighted by atomic mass is 16.5. The first-order chi connectivity index (χ1) is 9.63. The van der Waals surface area contributed by atoms with Gasteiger partial charge in [0, 0.05) is 13.0 Å². The molecule has 0 spiro atoms. The maximum absolute atomic E-state index is 11.1. The number of methoxy groups -OCH3 is 1. The fraction of sp³-hybridized carbons (Fsp3) is 0.312. The van der Waals surface area contributed by atoms with Gasteiger partial charge in [-0.05, 0) is 35.4 Å². The van der Waals surface area contributed by atoms with Crippen LogP contribution >= 0.6 is 0 Å². The van der Waals surface area contributed by atoms with Crippen LogP contribution in [-0.2, 0) is 16.0 Å². The van der Waals surface area contributed by atoms with E-state index in [2.05, 4.69) is 0 Å². The summed E-state index contributed by atoms with van der Waals surface area (Å²) in [5.41, 5.74) is 0.948. The zero-order valence-corrected chi connectivity index (χ0v) is 11.6. The minimum absolute atomic E-state index is 0.366. The fourth-order valence-electron chi connectivity index (χ4n) is 2.16. The van der Waals surface area contributed by atoms with Crippen molar-refractivity contribution < 1.29 is 19.4 Å². The molecule has 1 N–H and O–H groups in total. The van der Waals surface area contributed by atoms with Gasteiger partial charge in [0.05, 0.1) is 7.11 Å². The number of hydrogen-bond acceptors (Lipinski definition) is 3. The van der Waals surface area contributed by atoms with Gasteiger partial charge in [-0.1, -0.05) is 24.3 Å². The van der Waals surface area contributed by atoms with Gasteiger partial charge >= 0.3 is 5.97 Å². The van der Waals surface area contributed by atoms with E-state index in [1.165, 1.54) is 0 Å². The highest BCUT2D eigenvalue weighted by Crippen LogP contribution is 2.22. The first kappa shape index (κ1) is 14.3. The van der Waals surface area contributed by atoms with Crippen LogP contribution in [0.25, 0.3) is 10.8 Å². The number of ether oxygens (including phenoxy) is 2. The van der Waals surface area contributed by atoms with Crippen LogP contribution in [0.15, 0.2) is 36.4 Å². The average Bonchev–Trinajstić information content (AvgIpc) is 2.46. The number of fused-ring (bicyclic) bond motifs is 1.